The lowest BCUT2D eigenvalue weighted by Crippen LogP contribution is -1.95. The Morgan fingerprint density at radius 1 is 1.15 bits per heavy atom. The molecule has 1 unspecified atom stereocenters. The Morgan fingerprint density at radius 3 is 2.70 bits per heavy atom. The van der Waals surface area contributed by atoms with E-state index in [-0.39, 0.29) is 4.83 Å². The zero-order chi connectivity index (χ0) is 14.1. The average molecular weight is 345 g/mol. The van der Waals surface area contributed by atoms with Gasteiger partial charge >= 0.3 is 0 Å². The third kappa shape index (κ3) is 2.18. The largest absolute Gasteiger partial charge is 0.193 e. The van der Waals surface area contributed by atoms with Crippen LogP contribution in [0.15, 0.2) is 48.5 Å². The number of rotatable bonds is 0. The van der Waals surface area contributed by atoms with Crippen LogP contribution < -0.4 is 0 Å². The van der Waals surface area contributed by atoms with Gasteiger partial charge in [-0.25, -0.2) is 0 Å². The number of fused-ring (bicyclic) bond motifs is 2. The summed E-state index contributed by atoms with van der Waals surface area (Å²) in [6, 6.07) is 16.2. The second-order valence-corrected chi connectivity index (χ2v) is 6.22. The van der Waals surface area contributed by atoms with E-state index in [2.05, 4.69) is 34.1 Å². The molecule has 0 radical (unpaired) electrons. The molecule has 1 aliphatic rings. The molecule has 0 amide bonds. The van der Waals surface area contributed by atoms with Gasteiger partial charge in [0.25, 0.3) is 0 Å². The molecule has 0 saturated carbocycles. The number of hydrogen-bond acceptors (Lipinski definition) is 1. The van der Waals surface area contributed by atoms with Gasteiger partial charge in [0.2, 0.25) is 0 Å². The third-order valence-corrected chi connectivity index (χ3v) is 4.76. The van der Waals surface area contributed by atoms with Crippen LogP contribution in [0.5, 0.6) is 0 Å². The van der Waals surface area contributed by atoms with Crippen molar-refractivity contribution in [2.75, 3.05) is 0 Å². The fourth-order valence-corrected chi connectivity index (χ4v) is 3.66. The molecule has 3 rings (SSSR count). The fourth-order valence-electron chi connectivity index (χ4n) is 2.69. The van der Waals surface area contributed by atoms with Crippen molar-refractivity contribution in [3.05, 3.63) is 75.8 Å². The van der Waals surface area contributed by atoms with Gasteiger partial charge in [-0.2, -0.15) is 5.26 Å². The summed E-state index contributed by atoms with van der Waals surface area (Å²) in [6.45, 7) is 0. The molecule has 3 heteroatoms. The van der Waals surface area contributed by atoms with Crippen LogP contribution >= 0.6 is 27.5 Å². The first-order valence-corrected chi connectivity index (χ1v) is 7.62. The Kier molecular flexibility index (Phi) is 3.65. The van der Waals surface area contributed by atoms with E-state index in [1.807, 2.05) is 30.3 Å². The lowest BCUT2D eigenvalue weighted by atomic mass is 9.94. The van der Waals surface area contributed by atoms with Gasteiger partial charge in [-0.15, -0.1) is 0 Å². The van der Waals surface area contributed by atoms with E-state index in [0.29, 0.717) is 0 Å². The van der Waals surface area contributed by atoms with Crippen molar-refractivity contribution < 1.29 is 0 Å². The summed E-state index contributed by atoms with van der Waals surface area (Å²) < 4.78 is 0. The van der Waals surface area contributed by atoms with Gasteiger partial charge in [-0.05, 0) is 40.3 Å². The van der Waals surface area contributed by atoms with Crippen molar-refractivity contribution >= 4 is 33.1 Å². The zero-order valence-electron chi connectivity index (χ0n) is 10.6. The first-order valence-electron chi connectivity index (χ1n) is 6.33. The summed E-state index contributed by atoms with van der Waals surface area (Å²) in [7, 11) is 0. The van der Waals surface area contributed by atoms with Crippen molar-refractivity contribution in [2.45, 2.75) is 11.2 Å². The number of halogens is 2. The Hall–Kier alpha value is -1.56. The first-order chi connectivity index (χ1) is 9.72. The predicted octanol–water partition coefficient (Wildman–Crippen LogP) is 5.29. The molecule has 2 aromatic carbocycles. The first kappa shape index (κ1) is 13.4. The number of nitrogens with zero attached hydrogens (tertiary/aromatic N) is 1. The second-order valence-electron chi connectivity index (χ2n) is 4.71. The Labute approximate surface area is 131 Å². The minimum Gasteiger partial charge on any atom is -0.193 e. The van der Waals surface area contributed by atoms with Crippen LogP contribution in [0.4, 0.5) is 0 Å². The van der Waals surface area contributed by atoms with E-state index in [1.165, 1.54) is 5.56 Å². The van der Waals surface area contributed by atoms with E-state index in [9.17, 15) is 0 Å². The molecule has 0 spiro atoms. The lowest BCUT2D eigenvalue weighted by Gasteiger charge is -2.11. The average Bonchev–Trinajstić information content (AvgIpc) is 2.58. The molecule has 98 valence electrons. The maximum Gasteiger partial charge on any atom is 0.0918 e. The van der Waals surface area contributed by atoms with Crippen molar-refractivity contribution in [2.24, 2.45) is 0 Å². The van der Waals surface area contributed by atoms with Gasteiger partial charge in [-0.3, -0.25) is 0 Å². The van der Waals surface area contributed by atoms with E-state index >= 15 is 0 Å². The topological polar surface area (TPSA) is 23.8 Å². The van der Waals surface area contributed by atoms with Crippen molar-refractivity contribution in [1.82, 2.24) is 0 Å². The third-order valence-electron chi connectivity index (χ3n) is 3.59. The minimum atomic E-state index is 0.196. The monoisotopic (exact) mass is 343 g/mol. The number of hydrogen-bond donors (Lipinski definition) is 0. The molecule has 0 aliphatic heterocycles. The number of benzene rings is 2. The predicted molar refractivity (Wildman–Crippen MR) is 86.0 cm³/mol. The number of alkyl halides is 1. The van der Waals surface area contributed by atoms with Crippen LogP contribution in [-0.2, 0) is 6.42 Å². The molecule has 0 saturated heterocycles. The van der Waals surface area contributed by atoms with Gasteiger partial charge in [0, 0.05) is 15.9 Å². The molecule has 2 aromatic rings. The summed E-state index contributed by atoms with van der Waals surface area (Å²) in [6.07, 6.45) is 2.42. The van der Waals surface area contributed by atoms with Crippen LogP contribution in [-0.4, -0.2) is 0 Å². The maximum absolute atomic E-state index is 9.13. The van der Waals surface area contributed by atoms with E-state index in [0.717, 1.165) is 33.7 Å². The molecule has 1 aliphatic carbocycles. The van der Waals surface area contributed by atoms with E-state index < -0.39 is 0 Å². The highest BCUT2D eigenvalue weighted by atomic mass is 79.9. The van der Waals surface area contributed by atoms with Crippen molar-refractivity contribution in [3.63, 3.8) is 0 Å². The Balaban J connectivity index is 2.36. The Bertz CT molecular complexity index is 743. The lowest BCUT2D eigenvalue weighted by molar-refractivity contribution is 0.954. The molecule has 0 aromatic heterocycles. The van der Waals surface area contributed by atoms with Crippen LogP contribution in [0, 0.1) is 11.3 Å². The smallest absolute Gasteiger partial charge is 0.0918 e. The van der Waals surface area contributed by atoms with E-state index in [1.54, 1.807) is 6.08 Å². The van der Waals surface area contributed by atoms with Crippen LogP contribution in [0.2, 0.25) is 5.02 Å². The van der Waals surface area contributed by atoms with Gasteiger partial charge < -0.3 is 0 Å². The summed E-state index contributed by atoms with van der Waals surface area (Å²) in [5.74, 6) is 0. The van der Waals surface area contributed by atoms with Crippen molar-refractivity contribution in [3.8, 4) is 6.07 Å². The van der Waals surface area contributed by atoms with Gasteiger partial charge in [0.05, 0.1) is 6.07 Å². The SMILES string of the molecule is N#CC=C1c2ccccc2C(Br)Cc2c(Cl)cccc21. The quantitative estimate of drug-likeness (QED) is 0.471. The van der Waals surface area contributed by atoms with Crippen molar-refractivity contribution in [1.29, 1.82) is 5.26 Å². The fraction of sp³-hybridized carbons (Fsp3) is 0.118. The summed E-state index contributed by atoms with van der Waals surface area (Å²) in [5, 5.41) is 9.88. The minimum absolute atomic E-state index is 0.196. The van der Waals surface area contributed by atoms with Gasteiger partial charge in [0.15, 0.2) is 0 Å². The van der Waals surface area contributed by atoms with E-state index in [4.69, 9.17) is 16.9 Å². The highest BCUT2D eigenvalue weighted by molar-refractivity contribution is 9.09. The van der Waals surface area contributed by atoms with Crippen LogP contribution in [0.25, 0.3) is 5.57 Å². The number of nitriles is 1. The molecule has 0 N–H and O–H groups in total. The summed E-state index contributed by atoms with van der Waals surface area (Å²) in [5.41, 5.74) is 5.38. The van der Waals surface area contributed by atoms with Gasteiger partial charge in [-0.1, -0.05) is 63.9 Å². The molecular formula is C17H11BrClN. The highest BCUT2D eigenvalue weighted by Crippen LogP contribution is 2.42. The van der Waals surface area contributed by atoms with Gasteiger partial charge in [0.1, 0.15) is 0 Å². The summed E-state index contributed by atoms with van der Waals surface area (Å²) in [4.78, 5) is 0.196. The molecule has 0 fully saturated rings. The molecule has 1 atom stereocenters. The maximum atomic E-state index is 9.13. The second kappa shape index (κ2) is 5.44. The normalized spacial score (nSPS) is 18.9. The summed E-state index contributed by atoms with van der Waals surface area (Å²) >= 11 is 10.1. The zero-order valence-corrected chi connectivity index (χ0v) is 12.9. The Morgan fingerprint density at radius 2 is 1.90 bits per heavy atom. The van der Waals surface area contributed by atoms with Crippen LogP contribution in [0.1, 0.15) is 27.1 Å². The molecular weight excluding hydrogens is 334 g/mol. The molecule has 1 nitrogen and oxygen atoms in total. The molecule has 0 heterocycles. The highest BCUT2D eigenvalue weighted by Gasteiger charge is 2.24. The molecule has 0 bridgehead atoms. The standard InChI is InChI=1S/C17H11BrClN/c18-16-10-15-12(6-3-7-17(15)19)13(8-9-20)11-4-1-2-5-14(11)16/h1-8,16H,10H2. The molecule has 20 heavy (non-hydrogen) atoms. The number of allylic oxidation sites excluding steroid dienone is 1. The van der Waals surface area contributed by atoms with Crippen LogP contribution in [0.3, 0.4) is 0 Å².